The molecular formula is C25H29F2N3O6S. The van der Waals surface area contributed by atoms with Crippen molar-refractivity contribution in [3.05, 3.63) is 70.1 Å². The van der Waals surface area contributed by atoms with Crippen LogP contribution in [0.4, 0.5) is 8.78 Å². The first-order valence-electron chi connectivity index (χ1n) is 11.0. The fourth-order valence-electron chi connectivity index (χ4n) is 2.60. The molecule has 5 N–H and O–H groups in total. The van der Waals surface area contributed by atoms with Crippen molar-refractivity contribution in [3.63, 3.8) is 0 Å². The monoisotopic (exact) mass is 537 g/mol. The van der Waals surface area contributed by atoms with E-state index < -0.39 is 35.7 Å². The second-order valence-electron chi connectivity index (χ2n) is 7.05. The normalized spacial score (nSPS) is 11.6. The SMILES string of the molecule is CC.COC(=O)c1ccc(OC(C)c2cc(-c3ccc(C=O)c(F)c3)ns2)cc1F.NC(=O)C(N)CO. The molecule has 2 aromatic carbocycles. The summed E-state index contributed by atoms with van der Waals surface area (Å²) in [4.78, 5) is 32.8. The Morgan fingerprint density at radius 3 is 2.30 bits per heavy atom. The van der Waals surface area contributed by atoms with Gasteiger partial charge in [0.2, 0.25) is 5.91 Å². The summed E-state index contributed by atoms with van der Waals surface area (Å²) >= 11 is 1.17. The lowest BCUT2D eigenvalue weighted by Gasteiger charge is -2.13. The summed E-state index contributed by atoms with van der Waals surface area (Å²) < 4.78 is 42.3. The van der Waals surface area contributed by atoms with Crippen LogP contribution >= 0.6 is 11.5 Å². The third-order valence-electron chi connectivity index (χ3n) is 4.57. The number of rotatable bonds is 8. The Kier molecular flexibility index (Phi) is 13.0. The summed E-state index contributed by atoms with van der Waals surface area (Å²) in [5.41, 5.74) is 10.4. The maximum absolute atomic E-state index is 14.0. The van der Waals surface area contributed by atoms with E-state index in [1.165, 1.54) is 42.9 Å². The van der Waals surface area contributed by atoms with Gasteiger partial charge in [-0.2, -0.15) is 4.37 Å². The number of nitrogens with zero attached hydrogens (tertiary/aromatic N) is 1. The van der Waals surface area contributed by atoms with Crippen LogP contribution in [-0.2, 0) is 9.53 Å². The summed E-state index contributed by atoms with van der Waals surface area (Å²) in [5.74, 6) is -2.56. The molecule has 0 saturated heterocycles. The Labute approximate surface area is 217 Å². The molecule has 0 aliphatic rings. The molecule has 1 aromatic heterocycles. The lowest BCUT2D eigenvalue weighted by atomic mass is 10.1. The summed E-state index contributed by atoms with van der Waals surface area (Å²) in [6.45, 7) is 5.38. The van der Waals surface area contributed by atoms with E-state index in [1.807, 2.05) is 13.8 Å². The molecule has 0 fully saturated rings. The van der Waals surface area contributed by atoms with E-state index in [2.05, 4.69) is 14.8 Å². The number of aliphatic hydroxyl groups excluding tert-OH is 1. The fraction of sp³-hybridized carbons (Fsp3) is 0.280. The number of nitrogens with two attached hydrogens (primary N) is 2. The number of amides is 1. The van der Waals surface area contributed by atoms with Crippen LogP contribution in [-0.4, -0.2) is 47.4 Å². The van der Waals surface area contributed by atoms with E-state index in [0.717, 1.165) is 10.9 Å². The highest BCUT2D eigenvalue weighted by Gasteiger charge is 2.17. The molecule has 37 heavy (non-hydrogen) atoms. The summed E-state index contributed by atoms with van der Waals surface area (Å²) in [7, 11) is 1.17. The molecule has 0 bridgehead atoms. The van der Waals surface area contributed by atoms with Crippen LogP contribution in [0.1, 0.15) is 52.5 Å². The van der Waals surface area contributed by atoms with E-state index in [1.54, 1.807) is 19.1 Å². The Morgan fingerprint density at radius 1 is 1.14 bits per heavy atom. The molecule has 12 heteroatoms. The zero-order valence-electron chi connectivity index (χ0n) is 20.7. The molecule has 3 aromatic rings. The first-order chi connectivity index (χ1) is 17.6. The van der Waals surface area contributed by atoms with Gasteiger partial charge in [-0.3, -0.25) is 9.59 Å². The fourth-order valence-corrected chi connectivity index (χ4v) is 3.32. The number of esters is 1. The maximum Gasteiger partial charge on any atom is 0.340 e. The number of hydrogen-bond acceptors (Lipinski definition) is 9. The van der Waals surface area contributed by atoms with Gasteiger partial charge in [0.25, 0.3) is 0 Å². The number of benzene rings is 2. The minimum Gasteiger partial charge on any atom is -0.485 e. The Morgan fingerprint density at radius 2 is 1.81 bits per heavy atom. The van der Waals surface area contributed by atoms with E-state index in [9.17, 15) is 23.2 Å². The molecule has 3 rings (SSSR count). The second-order valence-corrected chi connectivity index (χ2v) is 7.89. The van der Waals surface area contributed by atoms with Crippen LogP contribution in [0, 0.1) is 11.6 Å². The molecule has 0 spiro atoms. The maximum atomic E-state index is 14.0. The molecule has 2 unspecified atom stereocenters. The van der Waals surface area contributed by atoms with Crippen molar-refractivity contribution in [2.24, 2.45) is 11.5 Å². The lowest BCUT2D eigenvalue weighted by molar-refractivity contribution is -0.120. The van der Waals surface area contributed by atoms with Crippen LogP contribution in [0.25, 0.3) is 11.3 Å². The van der Waals surface area contributed by atoms with Crippen molar-refractivity contribution in [2.45, 2.75) is 32.9 Å². The van der Waals surface area contributed by atoms with Gasteiger partial charge in [0.05, 0.1) is 35.4 Å². The Hall–Kier alpha value is -3.74. The Balaban J connectivity index is 0.000000659. The highest BCUT2D eigenvalue weighted by molar-refractivity contribution is 7.06. The van der Waals surface area contributed by atoms with Gasteiger partial charge < -0.3 is 26.0 Å². The molecule has 0 radical (unpaired) electrons. The Bertz CT molecular complexity index is 1200. The van der Waals surface area contributed by atoms with Gasteiger partial charge in [-0.15, -0.1) is 0 Å². The number of carbonyl (C=O) groups is 3. The summed E-state index contributed by atoms with van der Waals surface area (Å²) in [5, 5.41) is 8.08. The van der Waals surface area contributed by atoms with E-state index in [-0.39, 0.29) is 23.5 Å². The number of halogens is 2. The van der Waals surface area contributed by atoms with Crippen LogP contribution < -0.4 is 16.2 Å². The first-order valence-corrected chi connectivity index (χ1v) is 11.8. The van der Waals surface area contributed by atoms with Gasteiger partial charge in [-0.05, 0) is 48.8 Å². The highest BCUT2D eigenvalue weighted by atomic mass is 32.1. The number of primary amides is 1. The zero-order valence-corrected chi connectivity index (χ0v) is 21.6. The van der Waals surface area contributed by atoms with Crippen LogP contribution in [0.3, 0.4) is 0 Å². The molecule has 0 aliphatic heterocycles. The van der Waals surface area contributed by atoms with Crippen molar-refractivity contribution in [2.75, 3.05) is 13.7 Å². The van der Waals surface area contributed by atoms with Gasteiger partial charge in [-0.25, -0.2) is 13.6 Å². The number of aliphatic hydroxyl groups is 1. The number of carbonyl (C=O) groups excluding carboxylic acids is 3. The molecule has 1 heterocycles. The van der Waals surface area contributed by atoms with Crippen molar-refractivity contribution in [1.29, 1.82) is 0 Å². The molecule has 0 saturated carbocycles. The summed E-state index contributed by atoms with van der Waals surface area (Å²) in [6, 6.07) is 8.96. The quantitative estimate of drug-likeness (QED) is 0.291. The molecule has 1 amide bonds. The average Bonchev–Trinajstić information content (AvgIpc) is 3.40. The number of methoxy groups -OCH3 is 1. The minimum absolute atomic E-state index is 0.0201. The van der Waals surface area contributed by atoms with E-state index in [4.69, 9.17) is 15.6 Å². The van der Waals surface area contributed by atoms with Gasteiger partial charge in [-0.1, -0.05) is 19.9 Å². The number of ether oxygens (including phenoxy) is 2. The predicted molar refractivity (Wildman–Crippen MR) is 135 cm³/mol. The van der Waals surface area contributed by atoms with Crippen LogP contribution in [0.15, 0.2) is 42.5 Å². The third kappa shape index (κ3) is 9.01. The summed E-state index contributed by atoms with van der Waals surface area (Å²) in [6.07, 6.45) is 0.000247. The van der Waals surface area contributed by atoms with Crippen LogP contribution in [0.5, 0.6) is 5.75 Å². The molecule has 2 atom stereocenters. The molecule has 9 nitrogen and oxygen atoms in total. The first kappa shape index (κ1) is 31.3. The van der Waals surface area contributed by atoms with Gasteiger partial charge >= 0.3 is 5.97 Å². The molecule has 0 aliphatic carbocycles. The standard InChI is InChI=1S/C20H15F2NO4S.C3H8N2O2.C2H6/c1-11(27-14-5-6-15(17(22)8-14)20(25)26-2)19-9-18(23-28-19)12-3-4-13(10-24)16(21)7-12;4-2(1-6)3(5)7;1-2/h3-11H,1-2H3;2,6H,1,4H2,(H2,5,7);1-2H3. The minimum atomic E-state index is -0.903. The lowest BCUT2D eigenvalue weighted by Crippen LogP contribution is -2.39. The van der Waals surface area contributed by atoms with Crippen molar-refractivity contribution in [1.82, 2.24) is 4.37 Å². The number of hydrogen-bond donors (Lipinski definition) is 3. The van der Waals surface area contributed by atoms with Gasteiger partial charge in [0.1, 0.15) is 29.5 Å². The second kappa shape index (κ2) is 15.4. The smallest absolute Gasteiger partial charge is 0.340 e. The van der Waals surface area contributed by atoms with Crippen molar-refractivity contribution in [3.8, 4) is 17.0 Å². The van der Waals surface area contributed by atoms with E-state index in [0.29, 0.717) is 17.5 Å². The number of aldehydes is 1. The van der Waals surface area contributed by atoms with E-state index >= 15 is 0 Å². The number of aromatic nitrogens is 1. The van der Waals surface area contributed by atoms with Gasteiger partial charge in [0.15, 0.2) is 6.29 Å². The largest absolute Gasteiger partial charge is 0.485 e. The topological polar surface area (TPSA) is 155 Å². The zero-order chi connectivity index (χ0) is 28.1. The third-order valence-corrected chi connectivity index (χ3v) is 5.52. The average molecular weight is 538 g/mol. The predicted octanol–water partition coefficient (Wildman–Crippen LogP) is 3.64. The van der Waals surface area contributed by atoms with Gasteiger partial charge in [0, 0.05) is 11.6 Å². The van der Waals surface area contributed by atoms with Crippen LogP contribution in [0.2, 0.25) is 0 Å². The molecular weight excluding hydrogens is 508 g/mol. The molecule has 200 valence electrons. The van der Waals surface area contributed by atoms with Crippen molar-refractivity contribution >= 4 is 29.7 Å². The van der Waals surface area contributed by atoms with Crippen molar-refractivity contribution < 1.29 is 37.7 Å². The highest BCUT2D eigenvalue weighted by Crippen LogP contribution is 2.30.